The van der Waals surface area contributed by atoms with Crippen molar-refractivity contribution in [1.29, 1.82) is 0 Å². The summed E-state index contributed by atoms with van der Waals surface area (Å²) in [6.45, 7) is 3.56. The number of hydrogen-bond donors (Lipinski definition) is 4. The third-order valence-corrected chi connectivity index (χ3v) is 3.58. The number of amides is 2. The SMILES string of the molecule is CCC[C@H](NC(=O)[C@@H](C)NC(=O)[C@@H](N)CC(=O)O)c1ccccc1. The largest absolute Gasteiger partial charge is 0.481 e. The van der Waals surface area contributed by atoms with Crippen LogP contribution in [0.1, 0.15) is 44.7 Å². The van der Waals surface area contributed by atoms with E-state index in [0.717, 1.165) is 18.4 Å². The highest BCUT2D eigenvalue weighted by Crippen LogP contribution is 2.18. The maximum atomic E-state index is 12.3. The molecule has 0 bridgehead atoms. The summed E-state index contributed by atoms with van der Waals surface area (Å²) < 4.78 is 0. The maximum absolute atomic E-state index is 12.3. The zero-order valence-electron chi connectivity index (χ0n) is 14.0. The first-order valence-electron chi connectivity index (χ1n) is 7.98. The summed E-state index contributed by atoms with van der Waals surface area (Å²) >= 11 is 0. The van der Waals surface area contributed by atoms with Gasteiger partial charge in [0.1, 0.15) is 6.04 Å². The molecule has 0 saturated carbocycles. The van der Waals surface area contributed by atoms with Crippen LogP contribution in [0, 0.1) is 0 Å². The topological polar surface area (TPSA) is 122 Å². The van der Waals surface area contributed by atoms with Crippen molar-refractivity contribution in [2.24, 2.45) is 5.73 Å². The number of carbonyl (C=O) groups excluding carboxylic acids is 2. The van der Waals surface area contributed by atoms with E-state index in [1.165, 1.54) is 6.92 Å². The normalized spacial score (nSPS) is 14.3. The molecule has 0 unspecified atom stereocenters. The number of hydrogen-bond acceptors (Lipinski definition) is 4. The number of rotatable bonds is 9. The van der Waals surface area contributed by atoms with Gasteiger partial charge in [0.05, 0.1) is 18.5 Å². The lowest BCUT2D eigenvalue weighted by molar-refractivity contribution is -0.139. The van der Waals surface area contributed by atoms with E-state index in [-0.39, 0.29) is 11.9 Å². The Bertz CT molecular complexity index is 562. The molecule has 0 aliphatic carbocycles. The Labute approximate surface area is 141 Å². The van der Waals surface area contributed by atoms with E-state index in [1.54, 1.807) is 0 Å². The van der Waals surface area contributed by atoms with Gasteiger partial charge in [-0.1, -0.05) is 43.7 Å². The maximum Gasteiger partial charge on any atom is 0.305 e. The highest BCUT2D eigenvalue weighted by Gasteiger charge is 2.23. The summed E-state index contributed by atoms with van der Waals surface area (Å²) in [6.07, 6.45) is 1.18. The van der Waals surface area contributed by atoms with Crippen molar-refractivity contribution in [3.63, 3.8) is 0 Å². The van der Waals surface area contributed by atoms with Crippen LogP contribution in [-0.4, -0.2) is 35.0 Å². The molecule has 0 fully saturated rings. The fourth-order valence-electron chi connectivity index (χ4n) is 2.26. The first-order chi connectivity index (χ1) is 11.3. The van der Waals surface area contributed by atoms with E-state index in [1.807, 2.05) is 37.3 Å². The van der Waals surface area contributed by atoms with E-state index in [9.17, 15) is 14.4 Å². The number of nitrogens with two attached hydrogens (primary N) is 1. The lowest BCUT2D eigenvalue weighted by Crippen LogP contribution is -2.51. The van der Waals surface area contributed by atoms with Crippen LogP contribution in [0.25, 0.3) is 0 Å². The highest BCUT2D eigenvalue weighted by atomic mass is 16.4. The summed E-state index contributed by atoms with van der Waals surface area (Å²) in [5.41, 5.74) is 6.48. The third-order valence-electron chi connectivity index (χ3n) is 3.58. The van der Waals surface area contributed by atoms with E-state index in [2.05, 4.69) is 10.6 Å². The van der Waals surface area contributed by atoms with Gasteiger partial charge in [-0.2, -0.15) is 0 Å². The van der Waals surface area contributed by atoms with E-state index in [4.69, 9.17) is 10.8 Å². The van der Waals surface area contributed by atoms with Crippen molar-refractivity contribution < 1.29 is 19.5 Å². The first kappa shape index (κ1) is 19.6. The van der Waals surface area contributed by atoms with Crippen molar-refractivity contribution in [2.45, 2.75) is 51.2 Å². The van der Waals surface area contributed by atoms with Crippen LogP contribution in [0.4, 0.5) is 0 Å². The molecule has 0 aliphatic rings. The smallest absolute Gasteiger partial charge is 0.305 e. The monoisotopic (exact) mass is 335 g/mol. The van der Waals surface area contributed by atoms with Crippen molar-refractivity contribution in [2.75, 3.05) is 0 Å². The number of carboxylic acid groups (broad SMARTS) is 1. The Hall–Kier alpha value is -2.41. The first-order valence-corrected chi connectivity index (χ1v) is 7.98. The second kappa shape index (κ2) is 9.67. The van der Waals surface area contributed by atoms with Crippen LogP contribution in [0.5, 0.6) is 0 Å². The molecule has 7 nitrogen and oxygen atoms in total. The lowest BCUT2D eigenvalue weighted by atomic mass is 10.0. The predicted molar refractivity (Wildman–Crippen MR) is 90.1 cm³/mol. The molecule has 132 valence electrons. The summed E-state index contributed by atoms with van der Waals surface area (Å²) in [7, 11) is 0. The van der Waals surface area contributed by atoms with Gasteiger partial charge >= 0.3 is 5.97 Å². The Morgan fingerprint density at radius 3 is 2.29 bits per heavy atom. The van der Waals surface area contributed by atoms with Gasteiger partial charge in [0, 0.05) is 0 Å². The molecule has 2 amide bonds. The van der Waals surface area contributed by atoms with Gasteiger partial charge in [0.15, 0.2) is 0 Å². The van der Waals surface area contributed by atoms with Crippen LogP contribution < -0.4 is 16.4 Å². The second-order valence-electron chi connectivity index (χ2n) is 5.70. The lowest BCUT2D eigenvalue weighted by Gasteiger charge is -2.22. The Balaban J connectivity index is 2.63. The van der Waals surface area contributed by atoms with Crippen LogP contribution in [0.3, 0.4) is 0 Å². The van der Waals surface area contributed by atoms with Gasteiger partial charge in [0.2, 0.25) is 11.8 Å². The molecule has 7 heteroatoms. The van der Waals surface area contributed by atoms with Crippen LogP contribution >= 0.6 is 0 Å². The molecule has 24 heavy (non-hydrogen) atoms. The molecule has 1 rings (SSSR count). The predicted octanol–water partition coefficient (Wildman–Crippen LogP) is 0.951. The number of carbonyl (C=O) groups is 3. The minimum atomic E-state index is -1.18. The molecular weight excluding hydrogens is 310 g/mol. The molecule has 1 aromatic rings. The van der Waals surface area contributed by atoms with Crippen molar-refractivity contribution in [3.8, 4) is 0 Å². The molecule has 0 aliphatic heterocycles. The molecule has 0 saturated heterocycles. The molecular formula is C17H25N3O4. The van der Waals surface area contributed by atoms with Gasteiger partial charge < -0.3 is 21.5 Å². The number of benzene rings is 1. The standard InChI is InChI=1S/C17H25N3O4/c1-3-7-14(12-8-5-4-6-9-12)20-16(23)11(2)19-17(24)13(18)10-15(21)22/h4-6,8-9,11,13-14H,3,7,10,18H2,1-2H3,(H,19,24)(H,20,23)(H,21,22)/t11-,13+,14+/m1/s1. The van der Waals surface area contributed by atoms with E-state index in [0.29, 0.717) is 0 Å². The molecule has 0 heterocycles. The summed E-state index contributed by atoms with van der Waals surface area (Å²) in [6, 6.07) is 7.45. The number of aliphatic carboxylic acids is 1. The van der Waals surface area contributed by atoms with Gasteiger partial charge in [0.25, 0.3) is 0 Å². The molecule has 0 radical (unpaired) electrons. The fraction of sp³-hybridized carbons (Fsp3) is 0.471. The van der Waals surface area contributed by atoms with E-state index >= 15 is 0 Å². The molecule has 1 aromatic carbocycles. The number of nitrogens with one attached hydrogen (secondary N) is 2. The second-order valence-corrected chi connectivity index (χ2v) is 5.70. The van der Waals surface area contributed by atoms with Crippen LogP contribution in [-0.2, 0) is 14.4 Å². The highest BCUT2D eigenvalue weighted by molar-refractivity contribution is 5.91. The molecule has 5 N–H and O–H groups in total. The third kappa shape index (κ3) is 6.37. The van der Waals surface area contributed by atoms with Gasteiger partial charge in [-0.05, 0) is 18.9 Å². The minimum absolute atomic E-state index is 0.143. The van der Waals surface area contributed by atoms with Gasteiger partial charge in [-0.15, -0.1) is 0 Å². The summed E-state index contributed by atoms with van der Waals surface area (Å²) in [4.78, 5) is 34.7. The Morgan fingerprint density at radius 1 is 1.12 bits per heavy atom. The number of carboxylic acids is 1. The molecule has 0 spiro atoms. The minimum Gasteiger partial charge on any atom is -0.481 e. The molecule has 3 atom stereocenters. The summed E-state index contributed by atoms with van der Waals surface area (Å²) in [5, 5.41) is 14.0. The quantitative estimate of drug-likeness (QED) is 0.535. The molecule has 0 aromatic heterocycles. The van der Waals surface area contributed by atoms with Crippen LogP contribution in [0.2, 0.25) is 0 Å². The van der Waals surface area contributed by atoms with Crippen molar-refractivity contribution >= 4 is 17.8 Å². The fourth-order valence-corrected chi connectivity index (χ4v) is 2.26. The van der Waals surface area contributed by atoms with E-state index < -0.39 is 30.4 Å². The van der Waals surface area contributed by atoms with Crippen LogP contribution in [0.15, 0.2) is 30.3 Å². The Kier molecular flexibility index (Phi) is 7.91. The van der Waals surface area contributed by atoms with Gasteiger partial charge in [-0.25, -0.2) is 0 Å². The zero-order chi connectivity index (χ0) is 18.1. The average Bonchev–Trinajstić information content (AvgIpc) is 2.54. The average molecular weight is 335 g/mol. The van der Waals surface area contributed by atoms with Crippen molar-refractivity contribution in [3.05, 3.63) is 35.9 Å². The Morgan fingerprint density at radius 2 is 1.75 bits per heavy atom. The van der Waals surface area contributed by atoms with Gasteiger partial charge in [-0.3, -0.25) is 14.4 Å². The zero-order valence-corrected chi connectivity index (χ0v) is 14.0. The van der Waals surface area contributed by atoms with Crippen molar-refractivity contribution in [1.82, 2.24) is 10.6 Å². The summed E-state index contributed by atoms with van der Waals surface area (Å²) in [5.74, 6) is -2.16.